The molecule has 0 aliphatic heterocycles. The van der Waals surface area contributed by atoms with Crippen LogP contribution in [0.4, 0.5) is 5.69 Å². The van der Waals surface area contributed by atoms with Gasteiger partial charge in [0.1, 0.15) is 0 Å². The van der Waals surface area contributed by atoms with E-state index in [4.69, 9.17) is 10.5 Å². The van der Waals surface area contributed by atoms with Crippen molar-refractivity contribution >= 4 is 39.8 Å². The highest BCUT2D eigenvalue weighted by atomic mass is 35.5. The fourth-order valence-corrected chi connectivity index (χ4v) is 3.56. The number of benzene rings is 1. The van der Waals surface area contributed by atoms with Crippen molar-refractivity contribution in [3.63, 3.8) is 0 Å². The first kappa shape index (κ1) is 22.4. The fraction of sp³-hybridized carbons (Fsp3) is 0.529. The average molecular weight is 405 g/mol. The number of ether oxygens (including phenoxy) is 1. The topological polar surface area (TPSA) is 116 Å². The van der Waals surface area contributed by atoms with Crippen LogP contribution in [0.5, 0.6) is 0 Å². The molecule has 0 unspecified atom stereocenters. The van der Waals surface area contributed by atoms with Gasteiger partial charge in [-0.25, -0.2) is 13.2 Å². The number of hydrogen-bond acceptors (Lipinski definition) is 6. The Bertz CT molecular complexity index is 773. The Kier molecular flexibility index (Phi) is 7.61. The largest absolute Gasteiger partial charge is 0.462 e. The average Bonchev–Trinajstić information content (AvgIpc) is 2.54. The second-order valence-electron chi connectivity index (χ2n) is 6.41. The zero-order valence-electron chi connectivity index (χ0n) is 14.9. The monoisotopic (exact) mass is 404 g/mol. The van der Waals surface area contributed by atoms with E-state index in [2.05, 4.69) is 5.32 Å². The quantitative estimate of drug-likeness (QED) is 0.727. The summed E-state index contributed by atoms with van der Waals surface area (Å²) in [5.74, 6) is -1.02. The highest BCUT2D eigenvalue weighted by Gasteiger charge is 2.35. The zero-order chi connectivity index (χ0) is 18.7. The van der Waals surface area contributed by atoms with Gasteiger partial charge in [-0.1, -0.05) is 19.3 Å². The SMILES string of the molecule is CCOC(=O)c1cc(NC(=O)C2(N)CCCCC2)cc(S(C)(=O)=O)c1.Cl. The summed E-state index contributed by atoms with van der Waals surface area (Å²) in [6, 6.07) is 3.96. The Morgan fingerprint density at radius 1 is 1.19 bits per heavy atom. The lowest BCUT2D eigenvalue weighted by atomic mass is 9.82. The van der Waals surface area contributed by atoms with Crippen molar-refractivity contribution < 1.29 is 22.7 Å². The number of sulfone groups is 1. The molecule has 9 heteroatoms. The highest BCUT2D eigenvalue weighted by molar-refractivity contribution is 7.90. The van der Waals surface area contributed by atoms with E-state index in [0.29, 0.717) is 12.8 Å². The third kappa shape index (κ3) is 5.43. The van der Waals surface area contributed by atoms with E-state index in [-0.39, 0.29) is 41.1 Å². The molecule has 1 aliphatic carbocycles. The van der Waals surface area contributed by atoms with Crippen molar-refractivity contribution in [1.29, 1.82) is 0 Å². The van der Waals surface area contributed by atoms with Gasteiger partial charge in [0.05, 0.1) is 22.6 Å². The van der Waals surface area contributed by atoms with Gasteiger partial charge >= 0.3 is 5.97 Å². The Morgan fingerprint density at radius 3 is 2.35 bits per heavy atom. The Balaban J connectivity index is 0.00000338. The predicted octanol–water partition coefficient (Wildman–Crippen LogP) is 2.29. The van der Waals surface area contributed by atoms with E-state index in [9.17, 15) is 18.0 Å². The fourth-order valence-electron chi connectivity index (χ4n) is 2.88. The smallest absolute Gasteiger partial charge is 0.338 e. The maximum atomic E-state index is 12.6. The van der Waals surface area contributed by atoms with Gasteiger partial charge in [-0.2, -0.15) is 0 Å². The van der Waals surface area contributed by atoms with Gasteiger partial charge in [0, 0.05) is 11.9 Å². The normalized spacial score (nSPS) is 16.3. The molecule has 1 amide bonds. The third-order valence-corrected chi connectivity index (χ3v) is 5.39. The predicted molar refractivity (Wildman–Crippen MR) is 101 cm³/mol. The standard InChI is InChI=1S/C17H24N2O5S.ClH/c1-3-24-15(20)12-9-13(11-14(10-12)25(2,22)23)19-16(21)17(18)7-5-4-6-8-17;/h9-11H,3-8,18H2,1-2H3,(H,19,21);1H. The van der Waals surface area contributed by atoms with Gasteiger partial charge in [-0.15, -0.1) is 12.4 Å². The van der Waals surface area contributed by atoms with Gasteiger partial charge < -0.3 is 15.8 Å². The number of halogens is 1. The molecule has 1 saturated carbocycles. The van der Waals surface area contributed by atoms with Crippen molar-refractivity contribution in [1.82, 2.24) is 0 Å². The number of nitrogens with one attached hydrogen (secondary N) is 1. The minimum atomic E-state index is -3.56. The Hall–Kier alpha value is -1.64. The van der Waals surface area contributed by atoms with E-state index in [1.54, 1.807) is 6.92 Å². The van der Waals surface area contributed by atoms with Crippen LogP contribution in [0.2, 0.25) is 0 Å². The number of amides is 1. The summed E-state index contributed by atoms with van der Waals surface area (Å²) in [7, 11) is -3.56. The Labute approximate surface area is 160 Å². The lowest BCUT2D eigenvalue weighted by molar-refractivity contribution is -0.122. The molecule has 0 saturated heterocycles. The molecule has 0 bridgehead atoms. The van der Waals surface area contributed by atoms with Crippen LogP contribution in [-0.4, -0.2) is 38.7 Å². The molecule has 0 aromatic heterocycles. The summed E-state index contributed by atoms with van der Waals surface area (Å²) >= 11 is 0. The molecule has 0 atom stereocenters. The molecule has 1 fully saturated rings. The van der Waals surface area contributed by atoms with Crippen molar-refractivity contribution in [2.24, 2.45) is 5.73 Å². The molecule has 7 nitrogen and oxygen atoms in total. The lowest BCUT2D eigenvalue weighted by Gasteiger charge is -2.31. The van der Waals surface area contributed by atoms with E-state index in [0.717, 1.165) is 25.5 Å². The third-order valence-electron chi connectivity index (χ3n) is 4.30. The van der Waals surface area contributed by atoms with Crippen LogP contribution < -0.4 is 11.1 Å². The van der Waals surface area contributed by atoms with E-state index in [1.165, 1.54) is 18.2 Å². The molecule has 0 radical (unpaired) electrons. The van der Waals surface area contributed by atoms with Gasteiger partial charge in [0.25, 0.3) is 0 Å². The molecule has 2 rings (SSSR count). The molecule has 1 aromatic carbocycles. The minimum absolute atomic E-state index is 0. The number of carbonyl (C=O) groups is 2. The Morgan fingerprint density at radius 2 is 1.81 bits per heavy atom. The number of anilines is 1. The molecule has 0 spiro atoms. The van der Waals surface area contributed by atoms with Gasteiger partial charge in [-0.3, -0.25) is 4.79 Å². The summed E-state index contributed by atoms with van der Waals surface area (Å²) in [4.78, 5) is 24.5. The van der Waals surface area contributed by atoms with Crippen LogP contribution >= 0.6 is 12.4 Å². The molecule has 1 aliphatic rings. The van der Waals surface area contributed by atoms with Crippen LogP contribution in [0.15, 0.2) is 23.1 Å². The maximum Gasteiger partial charge on any atom is 0.338 e. The second-order valence-corrected chi connectivity index (χ2v) is 8.43. The van der Waals surface area contributed by atoms with Crippen molar-refractivity contribution in [2.75, 3.05) is 18.2 Å². The van der Waals surface area contributed by atoms with E-state index >= 15 is 0 Å². The van der Waals surface area contributed by atoms with Crippen LogP contribution in [-0.2, 0) is 19.4 Å². The first-order valence-electron chi connectivity index (χ1n) is 8.28. The summed E-state index contributed by atoms with van der Waals surface area (Å²) in [5, 5.41) is 2.67. The number of nitrogens with two attached hydrogens (primary N) is 1. The lowest BCUT2D eigenvalue weighted by Crippen LogP contribution is -2.52. The van der Waals surface area contributed by atoms with E-state index in [1.807, 2.05) is 0 Å². The molecular weight excluding hydrogens is 380 g/mol. The summed E-state index contributed by atoms with van der Waals surface area (Å²) in [6.45, 7) is 1.82. The van der Waals surface area contributed by atoms with Gasteiger partial charge in [0.15, 0.2) is 9.84 Å². The zero-order valence-corrected chi connectivity index (χ0v) is 16.5. The molecule has 3 N–H and O–H groups in total. The molecule has 1 aromatic rings. The second kappa shape index (κ2) is 8.83. The number of carbonyl (C=O) groups excluding carboxylic acids is 2. The maximum absolute atomic E-state index is 12.6. The van der Waals surface area contributed by atoms with Crippen LogP contribution in [0.25, 0.3) is 0 Å². The molecular formula is C17H25ClN2O5S. The van der Waals surface area contributed by atoms with Crippen molar-refractivity contribution in [3.05, 3.63) is 23.8 Å². The number of hydrogen-bond donors (Lipinski definition) is 2. The molecule has 146 valence electrons. The van der Waals surface area contributed by atoms with Gasteiger partial charge in [-0.05, 0) is 38.0 Å². The summed E-state index contributed by atoms with van der Waals surface area (Å²) < 4.78 is 28.7. The summed E-state index contributed by atoms with van der Waals surface area (Å²) in [6.07, 6.45) is 4.99. The van der Waals surface area contributed by atoms with Crippen molar-refractivity contribution in [2.45, 2.75) is 49.5 Å². The molecule has 0 heterocycles. The van der Waals surface area contributed by atoms with Crippen LogP contribution in [0.1, 0.15) is 49.4 Å². The van der Waals surface area contributed by atoms with E-state index < -0.39 is 21.3 Å². The summed E-state index contributed by atoms with van der Waals surface area (Å²) in [5.41, 5.74) is 5.51. The molecule has 26 heavy (non-hydrogen) atoms. The van der Waals surface area contributed by atoms with Crippen LogP contribution in [0.3, 0.4) is 0 Å². The van der Waals surface area contributed by atoms with Crippen LogP contribution in [0, 0.1) is 0 Å². The number of esters is 1. The first-order valence-corrected chi connectivity index (χ1v) is 10.2. The first-order chi connectivity index (χ1) is 11.7. The highest BCUT2D eigenvalue weighted by Crippen LogP contribution is 2.28. The number of rotatable bonds is 5. The van der Waals surface area contributed by atoms with Crippen molar-refractivity contribution in [3.8, 4) is 0 Å². The van der Waals surface area contributed by atoms with Gasteiger partial charge in [0.2, 0.25) is 5.91 Å². The minimum Gasteiger partial charge on any atom is -0.462 e.